The first-order valence-electron chi connectivity index (χ1n) is 9.04. The van der Waals surface area contributed by atoms with Crippen LogP contribution in [0.5, 0.6) is 0 Å². The van der Waals surface area contributed by atoms with E-state index in [9.17, 15) is 4.79 Å². The Hall–Kier alpha value is -2.97. The predicted molar refractivity (Wildman–Crippen MR) is 113 cm³/mol. The number of fused-ring (bicyclic) bond motifs is 4. The minimum atomic E-state index is 0.0860. The smallest absolute Gasteiger partial charge is 0.264 e. The Kier molecular flexibility index (Phi) is 3.44. The van der Waals surface area contributed by atoms with E-state index < -0.39 is 0 Å². The summed E-state index contributed by atoms with van der Waals surface area (Å²) < 4.78 is 2.05. The summed E-state index contributed by atoms with van der Waals surface area (Å²) in [7, 11) is 0. The third-order valence-corrected chi connectivity index (χ3v) is 7.01. The number of nitrogens with zero attached hydrogens (tertiary/aromatic N) is 4. The van der Waals surface area contributed by atoms with E-state index in [0.29, 0.717) is 13.1 Å². The molecule has 1 amide bonds. The molecule has 6 nitrogen and oxygen atoms in total. The average Bonchev–Trinajstić information content (AvgIpc) is 3.48. The molecule has 5 aromatic heterocycles. The van der Waals surface area contributed by atoms with Crippen LogP contribution in [0.15, 0.2) is 48.2 Å². The van der Waals surface area contributed by atoms with E-state index in [1.807, 2.05) is 39.2 Å². The van der Waals surface area contributed by atoms with Crippen molar-refractivity contribution >= 4 is 60.5 Å². The fraction of sp³-hybridized carbons (Fsp3) is 0.150. The number of carbonyl (C=O) groups is 1. The zero-order valence-electron chi connectivity index (χ0n) is 14.8. The number of aromatic amines is 1. The van der Waals surface area contributed by atoms with E-state index in [2.05, 4.69) is 27.1 Å². The second-order valence-corrected chi connectivity index (χ2v) is 8.70. The first-order valence-corrected chi connectivity index (χ1v) is 10.7. The number of aromatic nitrogens is 4. The van der Waals surface area contributed by atoms with Gasteiger partial charge in [0.1, 0.15) is 10.5 Å². The van der Waals surface area contributed by atoms with Crippen molar-refractivity contribution in [1.82, 2.24) is 24.3 Å². The number of carbonyl (C=O) groups excluding carboxylic acids is 1. The van der Waals surface area contributed by atoms with Crippen molar-refractivity contribution in [3.63, 3.8) is 0 Å². The van der Waals surface area contributed by atoms with Crippen LogP contribution in [0.1, 0.15) is 21.7 Å². The van der Waals surface area contributed by atoms with Crippen LogP contribution >= 0.6 is 22.7 Å². The Morgan fingerprint density at radius 1 is 1.32 bits per heavy atom. The molecule has 1 aliphatic heterocycles. The zero-order valence-corrected chi connectivity index (χ0v) is 16.4. The van der Waals surface area contributed by atoms with Crippen LogP contribution in [0.3, 0.4) is 0 Å². The maximum absolute atomic E-state index is 13.0. The molecule has 0 fully saturated rings. The molecule has 0 unspecified atom stereocenters. The number of thiophene rings is 1. The van der Waals surface area contributed by atoms with E-state index >= 15 is 0 Å². The molecule has 0 aliphatic carbocycles. The molecule has 8 heteroatoms. The van der Waals surface area contributed by atoms with Crippen LogP contribution in [-0.2, 0) is 0 Å². The molecule has 138 valence electrons. The average molecular weight is 406 g/mol. The van der Waals surface area contributed by atoms with Crippen molar-refractivity contribution in [2.75, 3.05) is 13.1 Å². The lowest BCUT2D eigenvalue weighted by atomic mass is 9.99. The molecule has 0 saturated carbocycles. The van der Waals surface area contributed by atoms with Crippen molar-refractivity contribution < 1.29 is 4.79 Å². The Morgan fingerprint density at radius 3 is 3.18 bits per heavy atom. The van der Waals surface area contributed by atoms with Crippen LogP contribution < -0.4 is 0 Å². The van der Waals surface area contributed by atoms with Gasteiger partial charge in [-0.25, -0.2) is 9.97 Å². The third-order valence-electron chi connectivity index (χ3n) is 5.24. The van der Waals surface area contributed by atoms with Gasteiger partial charge >= 0.3 is 0 Å². The second kappa shape index (κ2) is 6.02. The number of rotatable bonds is 2. The van der Waals surface area contributed by atoms with Crippen LogP contribution in [0.25, 0.3) is 31.9 Å². The lowest BCUT2D eigenvalue weighted by Gasteiger charge is -2.26. The largest absolute Gasteiger partial charge is 0.346 e. The van der Waals surface area contributed by atoms with Crippen LogP contribution in [0.2, 0.25) is 0 Å². The number of amides is 1. The Balaban J connectivity index is 1.27. The van der Waals surface area contributed by atoms with Gasteiger partial charge in [0, 0.05) is 48.0 Å². The van der Waals surface area contributed by atoms with E-state index in [-0.39, 0.29) is 5.91 Å². The topological polar surface area (TPSA) is 66.3 Å². The van der Waals surface area contributed by atoms with Crippen LogP contribution in [0, 0.1) is 0 Å². The zero-order chi connectivity index (χ0) is 18.7. The summed E-state index contributed by atoms with van der Waals surface area (Å²) in [6.07, 6.45) is 8.81. The van der Waals surface area contributed by atoms with Gasteiger partial charge in [-0.15, -0.1) is 22.7 Å². The summed E-state index contributed by atoms with van der Waals surface area (Å²) in [5, 5.41) is 3.14. The van der Waals surface area contributed by atoms with Gasteiger partial charge < -0.3 is 9.88 Å². The maximum atomic E-state index is 13.0. The van der Waals surface area contributed by atoms with E-state index in [4.69, 9.17) is 0 Å². The molecule has 6 rings (SSSR count). The summed E-state index contributed by atoms with van der Waals surface area (Å²) in [5.74, 6) is 0.0860. The predicted octanol–water partition coefficient (Wildman–Crippen LogP) is 4.42. The SMILES string of the molecule is O=C(c1cc2c(nc3sccn32)s1)N1CC=C(c2c[nH]c3ncccc23)CC1. The van der Waals surface area contributed by atoms with Crippen molar-refractivity contribution in [2.24, 2.45) is 0 Å². The maximum Gasteiger partial charge on any atom is 0.264 e. The Morgan fingerprint density at radius 2 is 2.29 bits per heavy atom. The number of hydrogen-bond acceptors (Lipinski definition) is 5. The summed E-state index contributed by atoms with van der Waals surface area (Å²) in [6, 6.07) is 6.01. The first kappa shape index (κ1) is 16.0. The highest BCUT2D eigenvalue weighted by molar-refractivity contribution is 7.21. The van der Waals surface area contributed by atoms with E-state index in [0.717, 1.165) is 37.6 Å². The standard InChI is InChI=1S/C20H15N5OS2/c26-19(16-10-15-18(28-16)23-20-25(15)8-9-27-20)24-6-3-12(4-7-24)14-11-22-17-13(14)2-1-5-21-17/h1-3,5,8-11H,4,6-7H2,(H,21,22). The highest BCUT2D eigenvalue weighted by Crippen LogP contribution is 2.31. The number of hydrogen-bond donors (Lipinski definition) is 1. The first-order chi connectivity index (χ1) is 13.8. The molecule has 0 aromatic carbocycles. The molecule has 6 heterocycles. The van der Waals surface area contributed by atoms with Gasteiger partial charge in [-0.2, -0.15) is 0 Å². The molecule has 5 aromatic rings. The van der Waals surface area contributed by atoms with Crippen molar-refractivity contribution in [2.45, 2.75) is 6.42 Å². The number of nitrogens with one attached hydrogen (secondary N) is 1. The van der Waals surface area contributed by atoms with Gasteiger partial charge in [-0.05, 0) is 30.2 Å². The summed E-state index contributed by atoms with van der Waals surface area (Å²) in [4.78, 5) is 29.8. The monoisotopic (exact) mass is 405 g/mol. The second-order valence-electron chi connectivity index (χ2n) is 6.80. The van der Waals surface area contributed by atoms with Gasteiger partial charge in [0.25, 0.3) is 5.91 Å². The third kappa shape index (κ3) is 2.35. The van der Waals surface area contributed by atoms with E-state index in [1.165, 1.54) is 22.5 Å². The highest BCUT2D eigenvalue weighted by atomic mass is 32.1. The molecule has 0 radical (unpaired) electrons. The molecule has 0 saturated heterocycles. The number of imidazole rings is 1. The molecular formula is C20H15N5OS2. The lowest BCUT2D eigenvalue weighted by Crippen LogP contribution is -2.34. The highest BCUT2D eigenvalue weighted by Gasteiger charge is 2.23. The Bertz CT molecular complexity index is 1390. The van der Waals surface area contributed by atoms with Crippen molar-refractivity contribution in [1.29, 1.82) is 0 Å². The quantitative estimate of drug-likeness (QED) is 0.473. The molecular weight excluding hydrogens is 390 g/mol. The van der Waals surface area contributed by atoms with Crippen LogP contribution in [0.4, 0.5) is 0 Å². The summed E-state index contributed by atoms with van der Waals surface area (Å²) in [5.41, 5.74) is 4.37. The normalized spacial score (nSPS) is 15.0. The fourth-order valence-electron chi connectivity index (χ4n) is 3.83. The van der Waals surface area contributed by atoms with Gasteiger partial charge in [-0.3, -0.25) is 9.20 Å². The van der Waals surface area contributed by atoms with Crippen molar-refractivity contribution in [3.05, 3.63) is 58.7 Å². The number of H-pyrrole nitrogens is 1. The molecule has 28 heavy (non-hydrogen) atoms. The molecule has 0 atom stereocenters. The molecule has 1 aliphatic rings. The van der Waals surface area contributed by atoms with Gasteiger partial charge in [-0.1, -0.05) is 6.08 Å². The molecule has 0 spiro atoms. The lowest BCUT2D eigenvalue weighted by molar-refractivity contribution is 0.0778. The van der Waals surface area contributed by atoms with Crippen molar-refractivity contribution in [3.8, 4) is 0 Å². The molecule has 1 N–H and O–H groups in total. The summed E-state index contributed by atoms with van der Waals surface area (Å²) in [6.45, 7) is 1.34. The fourth-order valence-corrected chi connectivity index (χ4v) is 5.60. The Labute approximate surface area is 167 Å². The number of pyridine rings is 1. The minimum Gasteiger partial charge on any atom is -0.346 e. The minimum absolute atomic E-state index is 0.0860. The summed E-state index contributed by atoms with van der Waals surface area (Å²) >= 11 is 3.09. The van der Waals surface area contributed by atoms with E-state index in [1.54, 1.807) is 17.5 Å². The number of thiazole rings is 1. The van der Waals surface area contributed by atoms with Gasteiger partial charge in [0.05, 0.1) is 10.4 Å². The van der Waals surface area contributed by atoms with Crippen LogP contribution in [-0.4, -0.2) is 43.2 Å². The molecule has 0 bridgehead atoms. The van der Waals surface area contributed by atoms with Gasteiger partial charge in [0.15, 0.2) is 4.96 Å². The van der Waals surface area contributed by atoms with Gasteiger partial charge in [0.2, 0.25) is 0 Å².